The minimum absolute atomic E-state index is 0.205. The van der Waals surface area contributed by atoms with Crippen molar-refractivity contribution >= 4 is 33.2 Å². The fourth-order valence-corrected chi connectivity index (χ4v) is 4.78. The summed E-state index contributed by atoms with van der Waals surface area (Å²) in [4.78, 5) is 15.8. The second-order valence-electron chi connectivity index (χ2n) is 6.31. The van der Waals surface area contributed by atoms with E-state index in [2.05, 4.69) is 9.97 Å². The molecule has 0 saturated heterocycles. The summed E-state index contributed by atoms with van der Waals surface area (Å²) in [6, 6.07) is 7.82. The van der Waals surface area contributed by atoms with Gasteiger partial charge in [0.15, 0.2) is 5.82 Å². The Morgan fingerprint density at radius 3 is 2.89 bits per heavy atom. The van der Waals surface area contributed by atoms with Crippen LogP contribution in [0.4, 0.5) is 4.39 Å². The van der Waals surface area contributed by atoms with Gasteiger partial charge in [-0.15, -0.1) is 11.3 Å². The Bertz CT molecular complexity index is 1160. The Labute approximate surface area is 163 Å². The number of aryl methyl sites for hydroxylation is 2. The van der Waals surface area contributed by atoms with E-state index in [4.69, 9.17) is 21.3 Å². The van der Waals surface area contributed by atoms with Crippen molar-refractivity contribution in [3.63, 3.8) is 0 Å². The maximum absolute atomic E-state index is 13.4. The molecule has 0 amide bonds. The molecule has 1 aliphatic rings. The molecular weight excluding hydrogens is 385 g/mol. The summed E-state index contributed by atoms with van der Waals surface area (Å²) in [5, 5.41) is 1.14. The van der Waals surface area contributed by atoms with Gasteiger partial charge in [-0.3, -0.25) is 4.98 Å². The molecular formula is C20H13ClFN3OS. The van der Waals surface area contributed by atoms with Gasteiger partial charge in [0.05, 0.1) is 10.4 Å². The molecule has 0 aliphatic heterocycles. The van der Waals surface area contributed by atoms with E-state index in [-0.39, 0.29) is 5.02 Å². The van der Waals surface area contributed by atoms with Crippen LogP contribution < -0.4 is 4.74 Å². The molecule has 4 nitrogen and oxygen atoms in total. The number of hydrogen-bond donors (Lipinski definition) is 0. The molecule has 0 spiro atoms. The highest BCUT2D eigenvalue weighted by atomic mass is 35.5. The lowest BCUT2D eigenvalue weighted by Crippen LogP contribution is -1.96. The summed E-state index contributed by atoms with van der Waals surface area (Å²) < 4.78 is 19.4. The van der Waals surface area contributed by atoms with Gasteiger partial charge < -0.3 is 4.74 Å². The first-order valence-electron chi connectivity index (χ1n) is 8.54. The fraction of sp³-hybridized carbons (Fsp3) is 0.150. The Hall–Kier alpha value is -2.57. The van der Waals surface area contributed by atoms with Crippen molar-refractivity contribution in [1.29, 1.82) is 0 Å². The number of halogens is 2. The van der Waals surface area contributed by atoms with Gasteiger partial charge in [0.25, 0.3) is 0 Å². The van der Waals surface area contributed by atoms with Gasteiger partial charge in [-0.1, -0.05) is 11.6 Å². The third kappa shape index (κ3) is 2.95. The predicted octanol–water partition coefficient (Wildman–Crippen LogP) is 5.83. The minimum Gasteiger partial charge on any atom is -0.437 e. The molecule has 0 N–H and O–H groups in total. The first-order valence-corrected chi connectivity index (χ1v) is 9.74. The number of ether oxygens (including phenoxy) is 1. The molecule has 0 unspecified atom stereocenters. The maximum atomic E-state index is 13.4. The smallest absolute Gasteiger partial charge is 0.232 e. The normalized spacial score (nSPS) is 13.1. The van der Waals surface area contributed by atoms with E-state index in [1.807, 2.05) is 12.1 Å². The lowest BCUT2D eigenvalue weighted by Gasteiger charge is -2.10. The van der Waals surface area contributed by atoms with Crippen LogP contribution in [-0.4, -0.2) is 15.0 Å². The monoisotopic (exact) mass is 397 g/mol. The Morgan fingerprint density at radius 2 is 2.07 bits per heavy atom. The number of rotatable bonds is 3. The van der Waals surface area contributed by atoms with Crippen molar-refractivity contribution in [2.45, 2.75) is 19.3 Å². The first kappa shape index (κ1) is 16.6. The summed E-state index contributed by atoms with van der Waals surface area (Å²) >= 11 is 7.84. The number of aromatic nitrogens is 3. The summed E-state index contributed by atoms with van der Waals surface area (Å²) in [6.45, 7) is 0. The van der Waals surface area contributed by atoms with Gasteiger partial charge in [0.2, 0.25) is 5.88 Å². The van der Waals surface area contributed by atoms with E-state index < -0.39 is 5.82 Å². The highest BCUT2D eigenvalue weighted by molar-refractivity contribution is 7.19. The SMILES string of the molecule is Fc1ccc(Oc2nc(-c3cccnc3)nc3sc4c(c23)CCC4)c(Cl)c1. The molecule has 0 bridgehead atoms. The number of fused-ring (bicyclic) bond motifs is 3. The van der Waals surface area contributed by atoms with E-state index >= 15 is 0 Å². The average molecular weight is 398 g/mol. The summed E-state index contributed by atoms with van der Waals surface area (Å²) in [5.74, 6) is 0.955. The molecule has 0 radical (unpaired) electrons. The van der Waals surface area contributed by atoms with Crippen LogP contribution in [0.1, 0.15) is 16.9 Å². The highest BCUT2D eigenvalue weighted by Gasteiger charge is 2.24. The molecule has 0 atom stereocenters. The molecule has 1 aliphatic carbocycles. The van der Waals surface area contributed by atoms with Gasteiger partial charge in [-0.25, -0.2) is 9.37 Å². The second-order valence-corrected chi connectivity index (χ2v) is 7.80. The third-order valence-electron chi connectivity index (χ3n) is 4.55. The van der Waals surface area contributed by atoms with Gasteiger partial charge >= 0.3 is 0 Å². The van der Waals surface area contributed by atoms with Gasteiger partial charge in [-0.2, -0.15) is 4.98 Å². The second kappa shape index (κ2) is 6.55. The van der Waals surface area contributed by atoms with Crippen molar-refractivity contribution in [2.24, 2.45) is 0 Å². The number of nitrogens with zero attached hydrogens (tertiary/aromatic N) is 3. The van der Waals surface area contributed by atoms with Crippen LogP contribution in [0.25, 0.3) is 21.6 Å². The van der Waals surface area contributed by atoms with Crippen LogP contribution in [0.2, 0.25) is 5.02 Å². The Kier molecular flexibility index (Phi) is 4.02. The predicted molar refractivity (Wildman–Crippen MR) is 104 cm³/mol. The molecule has 5 rings (SSSR count). The first-order chi connectivity index (χ1) is 13.2. The van der Waals surface area contributed by atoms with Gasteiger partial charge in [0.1, 0.15) is 16.4 Å². The number of benzene rings is 1. The van der Waals surface area contributed by atoms with E-state index in [9.17, 15) is 4.39 Å². The summed E-state index contributed by atoms with van der Waals surface area (Å²) in [6.07, 6.45) is 6.58. The number of thiophene rings is 1. The molecule has 3 heterocycles. The van der Waals surface area contributed by atoms with Crippen LogP contribution >= 0.6 is 22.9 Å². The van der Waals surface area contributed by atoms with Crippen LogP contribution in [0.3, 0.4) is 0 Å². The molecule has 7 heteroatoms. The van der Waals surface area contributed by atoms with Crippen LogP contribution in [0.15, 0.2) is 42.7 Å². The Morgan fingerprint density at radius 1 is 1.15 bits per heavy atom. The number of pyridine rings is 1. The van der Waals surface area contributed by atoms with Crippen LogP contribution in [0, 0.1) is 5.82 Å². The average Bonchev–Trinajstić information content (AvgIpc) is 3.25. The summed E-state index contributed by atoms with van der Waals surface area (Å²) in [7, 11) is 0. The maximum Gasteiger partial charge on any atom is 0.232 e. The van der Waals surface area contributed by atoms with E-state index in [1.54, 1.807) is 23.7 Å². The lowest BCUT2D eigenvalue weighted by atomic mass is 10.2. The quantitative estimate of drug-likeness (QED) is 0.436. The number of hydrogen-bond acceptors (Lipinski definition) is 5. The zero-order valence-electron chi connectivity index (χ0n) is 14.1. The molecule has 1 aromatic carbocycles. The summed E-state index contributed by atoms with van der Waals surface area (Å²) in [5.41, 5.74) is 2.06. The standard InChI is InChI=1S/C20H13ClFN3OS/c21-14-9-12(22)6-7-15(14)26-19-17-13-4-1-5-16(13)27-20(17)25-18(24-19)11-3-2-8-23-10-11/h2-3,6-10H,1,4-5H2. The van der Waals surface area contributed by atoms with E-state index in [0.717, 1.165) is 35.0 Å². The topological polar surface area (TPSA) is 47.9 Å². The zero-order chi connectivity index (χ0) is 18.4. The minimum atomic E-state index is -0.410. The molecule has 27 heavy (non-hydrogen) atoms. The third-order valence-corrected chi connectivity index (χ3v) is 6.03. The van der Waals surface area contributed by atoms with Gasteiger partial charge in [-0.05, 0) is 55.2 Å². The molecule has 0 fully saturated rings. The zero-order valence-corrected chi connectivity index (χ0v) is 15.6. The van der Waals surface area contributed by atoms with Crippen molar-refractivity contribution in [1.82, 2.24) is 15.0 Å². The van der Waals surface area contributed by atoms with Crippen molar-refractivity contribution < 1.29 is 9.13 Å². The molecule has 4 aromatic rings. The molecule has 0 saturated carbocycles. The van der Waals surface area contributed by atoms with Gasteiger partial charge in [0, 0.05) is 22.8 Å². The molecule has 3 aromatic heterocycles. The van der Waals surface area contributed by atoms with Crippen molar-refractivity contribution in [3.8, 4) is 23.0 Å². The van der Waals surface area contributed by atoms with Crippen LogP contribution in [-0.2, 0) is 12.8 Å². The van der Waals surface area contributed by atoms with Crippen molar-refractivity contribution in [2.75, 3.05) is 0 Å². The Balaban J connectivity index is 1.70. The lowest BCUT2D eigenvalue weighted by molar-refractivity contribution is 0.467. The van der Waals surface area contributed by atoms with Crippen LogP contribution in [0.5, 0.6) is 11.6 Å². The van der Waals surface area contributed by atoms with E-state index in [1.165, 1.54) is 28.6 Å². The molecule has 134 valence electrons. The van der Waals surface area contributed by atoms with Crippen molar-refractivity contribution in [3.05, 3.63) is 64.0 Å². The highest BCUT2D eigenvalue weighted by Crippen LogP contribution is 2.43. The fourth-order valence-electron chi connectivity index (χ4n) is 3.32. The largest absolute Gasteiger partial charge is 0.437 e. The van der Waals surface area contributed by atoms with E-state index in [0.29, 0.717) is 17.5 Å².